The van der Waals surface area contributed by atoms with Crippen LogP contribution in [0.1, 0.15) is 30.7 Å². The van der Waals surface area contributed by atoms with Crippen LogP contribution >= 0.6 is 11.3 Å². The fraction of sp³-hybridized carbons (Fsp3) is 0.700. The quantitative estimate of drug-likeness (QED) is 0.707. The van der Waals surface area contributed by atoms with Crippen LogP contribution in [-0.2, 0) is 4.74 Å². The number of rotatable bonds is 7. The summed E-state index contributed by atoms with van der Waals surface area (Å²) in [4.78, 5) is 5.42. The molecule has 0 aliphatic heterocycles. The fourth-order valence-corrected chi connectivity index (χ4v) is 2.15. The van der Waals surface area contributed by atoms with Crippen molar-refractivity contribution >= 4 is 11.3 Å². The minimum atomic E-state index is 0.447. The maximum Gasteiger partial charge on any atom is 0.0794 e. The molecule has 14 heavy (non-hydrogen) atoms. The van der Waals surface area contributed by atoms with Crippen molar-refractivity contribution < 1.29 is 4.74 Å². The van der Waals surface area contributed by atoms with Crippen molar-refractivity contribution in [1.82, 2.24) is 10.3 Å². The first-order valence-electron chi connectivity index (χ1n) is 4.99. The largest absolute Gasteiger partial charge is 0.385 e. The third kappa shape index (κ3) is 3.74. The minimum Gasteiger partial charge on any atom is -0.385 e. The molecule has 1 atom stereocenters. The van der Waals surface area contributed by atoms with Crippen molar-refractivity contribution in [3.05, 3.63) is 16.6 Å². The van der Waals surface area contributed by atoms with E-state index in [1.54, 1.807) is 18.4 Å². The standard InChI is InChI=1S/C10H18N2OS/c1-3-12-9(5-4-6-13-2)10-7-11-8-14-10/h7-9,12H,3-6H2,1-2H3. The first-order chi connectivity index (χ1) is 6.88. The van der Waals surface area contributed by atoms with Gasteiger partial charge in [-0.2, -0.15) is 0 Å². The molecule has 0 aliphatic rings. The van der Waals surface area contributed by atoms with Crippen LogP contribution in [0.15, 0.2) is 11.7 Å². The number of hydrogen-bond acceptors (Lipinski definition) is 4. The number of methoxy groups -OCH3 is 1. The summed E-state index contributed by atoms with van der Waals surface area (Å²) in [5.41, 5.74) is 1.88. The number of ether oxygens (including phenoxy) is 1. The normalized spacial score (nSPS) is 13.0. The molecule has 0 saturated carbocycles. The van der Waals surface area contributed by atoms with Gasteiger partial charge in [0.25, 0.3) is 0 Å². The average molecular weight is 214 g/mol. The molecule has 3 nitrogen and oxygen atoms in total. The van der Waals surface area contributed by atoms with E-state index in [1.807, 2.05) is 11.7 Å². The fourth-order valence-electron chi connectivity index (χ4n) is 1.42. The van der Waals surface area contributed by atoms with Gasteiger partial charge in [-0.15, -0.1) is 11.3 Å². The Balaban J connectivity index is 2.39. The van der Waals surface area contributed by atoms with Gasteiger partial charge < -0.3 is 10.1 Å². The predicted octanol–water partition coefficient (Wildman–Crippen LogP) is 2.22. The zero-order valence-corrected chi connectivity index (χ0v) is 9.64. The number of aromatic nitrogens is 1. The molecule has 0 spiro atoms. The van der Waals surface area contributed by atoms with Gasteiger partial charge in [-0.1, -0.05) is 6.92 Å². The molecular formula is C10H18N2OS. The Morgan fingerprint density at radius 1 is 1.64 bits per heavy atom. The zero-order chi connectivity index (χ0) is 10.2. The molecule has 1 N–H and O–H groups in total. The molecule has 0 radical (unpaired) electrons. The van der Waals surface area contributed by atoms with E-state index in [9.17, 15) is 0 Å². The summed E-state index contributed by atoms with van der Waals surface area (Å²) < 4.78 is 5.05. The molecule has 1 unspecified atom stereocenters. The number of thiazole rings is 1. The van der Waals surface area contributed by atoms with E-state index in [0.717, 1.165) is 26.0 Å². The first kappa shape index (κ1) is 11.6. The van der Waals surface area contributed by atoms with Crippen molar-refractivity contribution in [2.45, 2.75) is 25.8 Å². The van der Waals surface area contributed by atoms with Gasteiger partial charge in [-0.3, -0.25) is 4.98 Å². The maximum atomic E-state index is 5.05. The molecule has 0 bridgehead atoms. The minimum absolute atomic E-state index is 0.447. The molecule has 1 rings (SSSR count). The van der Waals surface area contributed by atoms with E-state index in [1.165, 1.54) is 4.88 Å². The second kappa shape index (κ2) is 6.92. The van der Waals surface area contributed by atoms with E-state index >= 15 is 0 Å². The molecule has 4 heteroatoms. The lowest BCUT2D eigenvalue weighted by Crippen LogP contribution is -2.20. The van der Waals surface area contributed by atoms with E-state index in [4.69, 9.17) is 4.74 Å². The van der Waals surface area contributed by atoms with E-state index in [2.05, 4.69) is 17.2 Å². The van der Waals surface area contributed by atoms with Crippen LogP contribution in [0.5, 0.6) is 0 Å². The first-order valence-corrected chi connectivity index (χ1v) is 5.87. The predicted molar refractivity (Wildman–Crippen MR) is 59.6 cm³/mol. The molecule has 80 valence electrons. The Bertz CT molecular complexity index is 226. The highest BCUT2D eigenvalue weighted by molar-refractivity contribution is 7.09. The molecule has 0 aliphatic carbocycles. The monoisotopic (exact) mass is 214 g/mol. The molecule has 0 amide bonds. The maximum absolute atomic E-state index is 5.05. The van der Waals surface area contributed by atoms with Gasteiger partial charge in [-0.25, -0.2) is 0 Å². The summed E-state index contributed by atoms with van der Waals surface area (Å²) in [6.07, 6.45) is 4.15. The van der Waals surface area contributed by atoms with Gasteiger partial charge in [0.15, 0.2) is 0 Å². The topological polar surface area (TPSA) is 34.1 Å². The molecule has 1 aromatic heterocycles. The zero-order valence-electron chi connectivity index (χ0n) is 8.82. The summed E-state index contributed by atoms with van der Waals surface area (Å²) >= 11 is 1.71. The van der Waals surface area contributed by atoms with Gasteiger partial charge in [0.2, 0.25) is 0 Å². The summed E-state index contributed by atoms with van der Waals surface area (Å²) in [5.74, 6) is 0. The van der Waals surface area contributed by atoms with Gasteiger partial charge in [0, 0.05) is 30.8 Å². The van der Waals surface area contributed by atoms with Crippen molar-refractivity contribution in [3.63, 3.8) is 0 Å². The van der Waals surface area contributed by atoms with Crippen LogP contribution in [0.2, 0.25) is 0 Å². The smallest absolute Gasteiger partial charge is 0.0794 e. The molecule has 1 aromatic rings. The van der Waals surface area contributed by atoms with Crippen molar-refractivity contribution in [3.8, 4) is 0 Å². The van der Waals surface area contributed by atoms with Crippen LogP contribution in [0.4, 0.5) is 0 Å². The highest BCUT2D eigenvalue weighted by Gasteiger charge is 2.10. The lowest BCUT2D eigenvalue weighted by Gasteiger charge is -2.15. The highest BCUT2D eigenvalue weighted by Crippen LogP contribution is 2.21. The van der Waals surface area contributed by atoms with Crippen LogP contribution in [0, 0.1) is 0 Å². The molecule has 0 saturated heterocycles. The van der Waals surface area contributed by atoms with Gasteiger partial charge in [0.1, 0.15) is 0 Å². The molecule has 1 heterocycles. The van der Waals surface area contributed by atoms with Crippen LogP contribution in [0.3, 0.4) is 0 Å². The summed E-state index contributed by atoms with van der Waals surface area (Å²) in [5, 5.41) is 3.46. The lowest BCUT2D eigenvalue weighted by molar-refractivity contribution is 0.189. The molecule has 0 fully saturated rings. The second-order valence-electron chi connectivity index (χ2n) is 3.15. The van der Waals surface area contributed by atoms with Gasteiger partial charge in [0.05, 0.1) is 5.51 Å². The number of hydrogen-bond donors (Lipinski definition) is 1. The summed E-state index contributed by atoms with van der Waals surface area (Å²) in [7, 11) is 1.74. The van der Waals surface area contributed by atoms with Crippen LogP contribution in [0.25, 0.3) is 0 Å². The van der Waals surface area contributed by atoms with Crippen LogP contribution < -0.4 is 5.32 Å². The van der Waals surface area contributed by atoms with Crippen molar-refractivity contribution in [1.29, 1.82) is 0 Å². The Morgan fingerprint density at radius 2 is 2.50 bits per heavy atom. The molecular weight excluding hydrogens is 196 g/mol. The second-order valence-corrected chi connectivity index (χ2v) is 4.07. The Morgan fingerprint density at radius 3 is 3.07 bits per heavy atom. The van der Waals surface area contributed by atoms with Gasteiger partial charge in [-0.05, 0) is 19.4 Å². The molecule has 0 aromatic carbocycles. The van der Waals surface area contributed by atoms with Gasteiger partial charge >= 0.3 is 0 Å². The third-order valence-electron chi connectivity index (χ3n) is 2.09. The van der Waals surface area contributed by atoms with Crippen molar-refractivity contribution in [2.24, 2.45) is 0 Å². The lowest BCUT2D eigenvalue weighted by atomic mass is 10.1. The Hall–Kier alpha value is -0.450. The summed E-state index contributed by atoms with van der Waals surface area (Å²) in [6.45, 7) is 3.96. The average Bonchev–Trinajstić information content (AvgIpc) is 2.70. The summed E-state index contributed by atoms with van der Waals surface area (Å²) in [6, 6.07) is 0.447. The van der Waals surface area contributed by atoms with E-state index in [-0.39, 0.29) is 0 Å². The Kier molecular flexibility index (Phi) is 5.75. The van der Waals surface area contributed by atoms with Crippen LogP contribution in [-0.4, -0.2) is 25.2 Å². The Labute approximate surface area is 89.5 Å². The number of nitrogens with one attached hydrogen (secondary N) is 1. The van der Waals surface area contributed by atoms with E-state index in [0.29, 0.717) is 6.04 Å². The SMILES string of the molecule is CCNC(CCCOC)c1cncs1. The third-order valence-corrected chi connectivity index (χ3v) is 2.98. The number of nitrogens with zero attached hydrogens (tertiary/aromatic N) is 1. The highest BCUT2D eigenvalue weighted by atomic mass is 32.1. The van der Waals surface area contributed by atoms with Crippen molar-refractivity contribution in [2.75, 3.05) is 20.3 Å². The van der Waals surface area contributed by atoms with E-state index < -0.39 is 0 Å².